The fraction of sp³-hybridized carbons (Fsp3) is 0.385. The fourth-order valence-corrected chi connectivity index (χ4v) is 4.95. The second-order valence-corrected chi connectivity index (χ2v) is 9.47. The number of benzene rings is 1. The molecule has 0 saturated carbocycles. The Morgan fingerprint density at radius 3 is 2.73 bits per heavy atom. The van der Waals surface area contributed by atoms with Gasteiger partial charge in [0.25, 0.3) is 11.5 Å². The van der Waals surface area contributed by atoms with Gasteiger partial charge in [-0.3, -0.25) is 23.9 Å². The number of nitriles is 1. The molecule has 0 unspecified atom stereocenters. The maximum atomic E-state index is 13.4. The molecule has 2 heterocycles. The van der Waals surface area contributed by atoms with Crippen LogP contribution in [0, 0.1) is 23.7 Å². The molecule has 11 heteroatoms. The lowest BCUT2D eigenvalue weighted by Gasteiger charge is -2.29. The number of anilines is 2. The van der Waals surface area contributed by atoms with Crippen LogP contribution in [0.15, 0.2) is 29.1 Å². The first kappa shape index (κ1) is 27.7. The van der Waals surface area contributed by atoms with Crippen molar-refractivity contribution >= 4 is 46.3 Å². The van der Waals surface area contributed by atoms with Crippen molar-refractivity contribution in [2.45, 2.75) is 32.5 Å². The number of piperidine rings is 1. The van der Waals surface area contributed by atoms with E-state index in [2.05, 4.69) is 16.6 Å². The molecule has 0 bridgehead atoms. The van der Waals surface area contributed by atoms with Crippen molar-refractivity contribution in [3.8, 4) is 18.4 Å². The second-order valence-electron chi connectivity index (χ2n) is 8.44. The van der Waals surface area contributed by atoms with E-state index in [0.29, 0.717) is 41.8 Å². The van der Waals surface area contributed by atoms with E-state index in [1.807, 2.05) is 11.0 Å². The SMILES string of the molecule is C#CCNC(=O)C(C#N)=c1sc(=CNc2cccc(N(C)C(=O)CN3CCC(F)CC3)c2)c(=O)n1CC. The average molecular weight is 525 g/mol. The van der Waals surface area contributed by atoms with Gasteiger partial charge in [-0.25, -0.2) is 4.39 Å². The Balaban J connectivity index is 1.82. The van der Waals surface area contributed by atoms with Crippen LogP contribution < -0.4 is 30.3 Å². The molecule has 1 aliphatic rings. The van der Waals surface area contributed by atoms with E-state index in [1.165, 1.54) is 10.8 Å². The average Bonchev–Trinajstić information content (AvgIpc) is 3.22. The van der Waals surface area contributed by atoms with Crippen molar-refractivity contribution in [3.63, 3.8) is 0 Å². The highest BCUT2D eigenvalue weighted by molar-refractivity contribution is 7.07. The number of hydrogen-bond acceptors (Lipinski definition) is 7. The van der Waals surface area contributed by atoms with Gasteiger partial charge in [-0.05, 0) is 38.0 Å². The van der Waals surface area contributed by atoms with Gasteiger partial charge in [-0.15, -0.1) is 17.8 Å². The summed E-state index contributed by atoms with van der Waals surface area (Å²) in [4.78, 5) is 41.5. The molecule has 0 spiro atoms. The van der Waals surface area contributed by atoms with Crippen LogP contribution in [0.25, 0.3) is 11.8 Å². The lowest BCUT2D eigenvalue weighted by molar-refractivity contribution is -0.120. The standard InChI is InChI=1S/C26H29FN6O3S/c1-4-11-29-24(35)21(15-28)26-33(5-2)25(36)22(37-26)16-30-19-7-6-8-20(14-19)31(3)23(34)17-32-12-9-18(27)10-13-32/h1,6-8,14,16,18,30H,5,9-13,17H2,2-3H3,(H,29,35). The second kappa shape index (κ2) is 12.9. The molecular weight excluding hydrogens is 495 g/mol. The first-order valence-corrected chi connectivity index (χ1v) is 12.7. The van der Waals surface area contributed by atoms with E-state index >= 15 is 0 Å². The van der Waals surface area contributed by atoms with Crippen LogP contribution in [-0.4, -0.2) is 60.7 Å². The largest absolute Gasteiger partial charge is 0.360 e. The highest BCUT2D eigenvalue weighted by Crippen LogP contribution is 2.19. The van der Waals surface area contributed by atoms with E-state index in [1.54, 1.807) is 43.1 Å². The van der Waals surface area contributed by atoms with Crippen LogP contribution in [0.5, 0.6) is 0 Å². The van der Waals surface area contributed by atoms with E-state index in [9.17, 15) is 24.0 Å². The summed E-state index contributed by atoms with van der Waals surface area (Å²) in [7, 11) is 1.68. The monoisotopic (exact) mass is 524 g/mol. The molecule has 2 amide bonds. The Morgan fingerprint density at radius 2 is 2.08 bits per heavy atom. The number of carbonyl (C=O) groups excluding carboxylic acids is 2. The number of nitrogens with zero attached hydrogens (tertiary/aromatic N) is 4. The molecule has 3 rings (SSSR count). The van der Waals surface area contributed by atoms with Gasteiger partial charge >= 0.3 is 0 Å². The summed E-state index contributed by atoms with van der Waals surface area (Å²) in [5, 5.41) is 15.1. The van der Waals surface area contributed by atoms with Gasteiger partial charge in [0.15, 0.2) is 5.57 Å². The quantitative estimate of drug-likeness (QED) is 0.490. The van der Waals surface area contributed by atoms with Crippen molar-refractivity contribution in [2.24, 2.45) is 0 Å². The van der Waals surface area contributed by atoms with Crippen molar-refractivity contribution in [3.05, 3.63) is 43.8 Å². The molecule has 1 aliphatic heterocycles. The summed E-state index contributed by atoms with van der Waals surface area (Å²) in [5.41, 5.74) is 0.778. The van der Waals surface area contributed by atoms with Crippen molar-refractivity contribution < 1.29 is 14.0 Å². The summed E-state index contributed by atoms with van der Waals surface area (Å²) in [5.74, 6) is 1.53. The highest BCUT2D eigenvalue weighted by Gasteiger charge is 2.22. The van der Waals surface area contributed by atoms with Crippen LogP contribution in [0.3, 0.4) is 0 Å². The molecule has 194 valence electrons. The molecule has 1 aromatic carbocycles. The third kappa shape index (κ3) is 6.85. The molecule has 0 aliphatic carbocycles. The number of aromatic nitrogens is 1. The molecule has 2 N–H and O–H groups in total. The number of hydrogen-bond donors (Lipinski definition) is 2. The zero-order valence-electron chi connectivity index (χ0n) is 20.8. The van der Waals surface area contributed by atoms with Gasteiger partial charge in [0, 0.05) is 44.3 Å². The summed E-state index contributed by atoms with van der Waals surface area (Å²) in [6, 6.07) is 9.01. The first-order valence-electron chi connectivity index (χ1n) is 11.8. The summed E-state index contributed by atoms with van der Waals surface area (Å²) >= 11 is 1.02. The molecular formula is C26H29FN6O3S. The molecule has 0 atom stereocenters. The lowest BCUT2D eigenvalue weighted by Crippen LogP contribution is -2.42. The smallest absolute Gasteiger partial charge is 0.270 e. The Kier molecular flexibility index (Phi) is 9.61. The normalized spacial score (nSPS) is 15.4. The van der Waals surface area contributed by atoms with Gasteiger partial charge in [-0.2, -0.15) is 5.26 Å². The van der Waals surface area contributed by atoms with Gasteiger partial charge in [0.05, 0.1) is 13.1 Å². The van der Waals surface area contributed by atoms with E-state index in [-0.39, 0.29) is 41.3 Å². The lowest BCUT2D eigenvalue weighted by atomic mass is 10.1. The van der Waals surface area contributed by atoms with Gasteiger partial charge in [0.2, 0.25) is 5.91 Å². The van der Waals surface area contributed by atoms with Crippen molar-refractivity contribution in [1.82, 2.24) is 14.8 Å². The molecule has 1 saturated heterocycles. The Labute approximate surface area is 218 Å². The third-order valence-electron chi connectivity index (χ3n) is 5.98. The minimum atomic E-state index is -0.793. The van der Waals surface area contributed by atoms with Crippen LogP contribution >= 0.6 is 11.3 Å². The van der Waals surface area contributed by atoms with Gasteiger partial charge < -0.3 is 15.5 Å². The number of terminal acetylenes is 1. The summed E-state index contributed by atoms with van der Waals surface area (Å²) < 4.78 is 15.3. The maximum Gasteiger partial charge on any atom is 0.270 e. The van der Waals surface area contributed by atoms with Crippen LogP contribution in [0.4, 0.5) is 15.8 Å². The number of rotatable bonds is 8. The van der Waals surface area contributed by atoms with Gasteiger partial charge in [0.1, 0.15) is 21.4 Å². The zero-order valence-corrected chi connectivity index (χ0v) is 21.6. The fourth-order valence-electron chi connectivity index (χ4n) is 3.86. The molecule has 1 aromatic heterocycles. The van der Waals surface area contributed by atoms with E-state index in [0.717, 1.165) is 11.3 Å². The molecule has 1 fully saturated rings. The van der Waals surface area contributed by atoms with Crippen molar-refractivity contribution in [1.29, 1.82) is 5.26 Å². The topological polar surface area (TPSA) is 110 Å². The molecule has 37 heavy (non-hydrogen) atoms. The van der Waals surface area contributed by atoms with Crippen LogP contribution in [0.2, 0.25) is 0 Å². The Morgan fingerprint density at radius 1 is 1.35 bits per heavy atom. The number of nitrogens with one attached hydrogen (secondary N) is 2. The zero-order chi connectivity index (χ0) is 26.9. The molecule has 2 aromatic rings. The molecule has 0 radical (unpaired) electrons. The van der Waals surface area contributed by atoms with Crippen LogP contribution in [-0.2, 0) is 16.1 Å². The predicted molar refractivity (Wildman–Crippen MR) is 143 cm³/mol. The number of thiazole rings is 1. The summed E-state index contributed by atoms with van der Waals surface area (Å²) in [6.45, 7) is 3.33. The Bertz CT molecular complexity index is 1410. The first-order chi connectivity index (χ1) is 17.8. The van der Waals surface area contributed by atoms with Crippen LogP contribution in [0.1, 0.15) is 19.8 Å². The number of carbonyl (C=O) groups is 2. The van der Waals surface area contributed by atoms with E-state index in [4.69, 9.17) is 6.42 Å². The minimum Gasteiger partial charge on any atom is -0.360 e. The van der Waals surface area contributed by atoms with E-state index < -0.39 is 12.1 Å². The highest BCUT2D eigenvalue weighted by atomic mass is 32.1. The maximum absolute atomic E-state index is 13.4. The van der Waals surface area contributed by atoms with Gasteiger partial charge in [-0.1, -0.05) is 12.0 Å². The predicted octanol–water partition coefficient (Wildman–Crippen LogP) is 0.600. The summed E-state index contributed by atoms with van der Waals surface area (Å²) in [6.07, 6.45) is 6.78. The number of amides is 2. The minimum absolute atomic E-state index is 0.0321. The number of alkyl halides is 1. The Hall–Kier alpha value is -3.93. The number of likely N-dealkylation sites (tertiary alicyclic amines) is 1. The number of likely N-dealkylation sites (N-methyl/N-ethyl adjacent to an activating group) is 1. The number of halogens is 1. The third-order valence-corrected chi connectivity index (χ3v) is 7.11. The van der Waals surface area contributed by atoms with Crippen molar-refractivity contribution in [2.75, 3.05) is 43.4 Å². The molecule has 9 nitrogen and oxygen atoms in total.